The summed E-state index contributed by atoms with van der Waals surface area (Å²) in [4.78, 5) is 64.2. The van der Waals surface area contributed by atoms with Crippen molar-refractivity contribution in [2.75, 3.05) is 18.6 Å². The Kier molecular flexibility index (Phi) is 10.6. The third kappa shape index (κ3) is 7.42. The van der Waals surface area contributed by atoms with E-state index in [1.165, 1.54) is 29.9 Å². The summed E-state index contributed by atoms with van der Waals surface area (Å²) in [5, 5.41) is 21.0. The van der Waals surface area contributed by atoms with Crippen molar-refractivity contribution in [3.05, 3.63) is 139 Å². The fraction of sp³-hybridized carbons (Fsp3) is 0.156. The van der Waals surface area contributed by atoms with E-state index in [1.54, 1.807) is 79.9 Å². The lowest BCUT2D eigenvalue weighted by Crippen LogP contribution is -2.41. The highest BCUT2D eigenvalue weighted by Gasteiger charge is 2.29. The van der Waals surface area contributed by atoms with Gasteiger partial charge in [0, 0.05) is 12.3 Å². The minimum atomic E-state index is -1.07. The molecule has 46 heavy (non-hydrogen) atoms. The maximum Gasteiger partial charge on any atom is 0.397 e. The van der Waals surface area contributed by atoms with Gasteiger partial charge in [0.25, 0.3) is 5.69 Å². The fourth-order valence-electron chi connectivity index (χ4n) is 4.44. The van der Waals surface area contributed by atoms with E-state index in [0.29, 0.717) is 27.3 Å². The summed E-state index contributed by atoms with van der Waals surface area (Å²) in [5.74, 6) is -1.42. The molecule has 0 saturated heterocycles. The summed E-state index contributed by atoms with van der Waals surface area (Å²) < 4.78 is 11.5. The highest BCUT2D eigenvalue weighted by atomic mass is 16.6. The van der Waals surface area contributed by atoms with Crippen LogP contribution in [0.5, 0.6) is 5.75 Å². The van der Waals surface area contributed by atoms with E-state index in [9.17, 15) is 34.5 Å². The predicted octanol–water partition coefficient (Wildman–Crippen LogP) is 3.54. The number of benzene rings is 3. The number of ether oxygens (including phenoxy) is 2. The Morgan fingerprint density at radius 1 is 0.913 bits per heavy atom. The van der Waals surface area contributed by atoms with Gasteiger partial charge >= 0.3 is 23.0 Å². The van der Waals surface area contributed by atoms with E-state index >= 15 is 0 Å². The van der Waals surface area contributed by atoms with Crippen LogP contribution in [0.15, 0.2) is 107 Å². The van der Waals surface area contributed by atoms with E-state index in [-0.39, 0.29) is 36.6 Å². The lowest BCUT2D eigenvalue weighted by molar-refractivity contribution is -0.384. The van der Waals surface area contributed by atoms with Crippen LogP contribution in [0, 0.1) is 10.1 Å². The molecule has 0 aliphatic carbocycles. The minimum Gasteiger partial charge on any atom is -0.497 e. The van der Waals surface area contributed by atoms with E-state index in [1.807, 2.05) is 6.07 Å². The van der Waals surface area contributed by atoms with Crippen LogP contribution in [0.25, 0.3) is 11.0 Å². The molecule has 0 fully saturated rings. The standard InChI is InChI=1S/C18H18N2O6.C14H11N3O3/c1-3-26-18(22)17(21)19(12-13-8-10-14(25-2)11-9-13)15-6-4-5-7-16(15)20(23)24;18-13-14(19)17(20)12-7-2-1-6-11(12)16(13)9-10-5-3-4-8-15-10/h4-11H,3,12H2,1-2H3;1-8,20H,9H2. The average Bonchev–Trinajstić information content (AvgIpc) is 3.09. The summed E-state index contributed by atoms with van der Waals surface area (Å²) in [5.41, 5.74) is 0.0799. The number of methoxy groups -OCH3 is 1. The van der Waals surface area contributed by atoms with E-state index in [2.05, 4.69) is 4.98 Å². The molecule has 0 saturated carbocycles. The number of nitro groups is 1. The number of nitrogens with zero attached hydrogens (tertiary/aromatic N) is 5. The molecule has 0 aliphatic heterocycles. The Bertz CT molecular complexity index is 1970. The van der Waals surface area contributed by atoms with Crippen molar-refractivity contribution in [2.24, 2.45) is 0 Å². The zero-order valence-corrected chi connectivity index (χ0v) is 24.8. The summed E-state index contributed by atoms with van der Waals surface area (Å²) in [7, 11) is 1.53. The molecule has 5 rings (SSSR count). The average molecular weight is 628 g/mol. The van der Waals surface area contributed by atoms with Gasteiger partial charge in [-0.3, -0.25) is 38.9 Å². The third-order valence-corrected chi connectivity index (χ3v) is 6.63. The first-order chi connectivity index (χ1) is 22.2. The highest BCUT2D eigenvalue weighted by molar-refractivity contribution is 6.38. The van der Waals surface area contributed by atoms with E-state index in [0.717, 1.165) is 4.90 Å². The molecule has 2 aromatic heterocycles. The molecule has 0 unspecified atom stereocenters. The zero-order valence-electron chi connectivity index (χ0n) is 24.8. The van der Waals surface area contributed by atoms with Crippen molar-refractivity contribution in [3.8, 4) is 5.75 Å². The van der Waals surface area contributed by atoms with Gasteiger partial charge < -0.3 is 14.7 Å². The number of para-hydroxylation sites is 4. The number of aromatic nitrogens is 3. The Morgan fingerprint density at radius 3 is 2.20 bits per heavy atom. The van der Waals surface area contributed by atoms with Gasteiger partial charge in [-0.2, -0.15) is 0 Å². The number of carbonyl (C=O) groups is 2. The van der Waals surface area contributed by atoms with Gasteiger partial charge in [-0.15, -0.1) is 4.73 Å². The van der Waals surface area contributed by atoms with Gasteiger partial charge in [0.15, 0.2) is 0 Å². The summed E-state index contributed by atoms with van der Waals surface area (Å²) in [6, 6.07) is 24.6. The van der Waals surface area contributed by atoms with Gasteiger partial charge in [0.1, 0.15) is 17.0 Å². The monoisotopic (exact) mass is 627 g/mol. The minimum absolute atomic E-state index is 0.0198. The number of esters is 1. The molecule has 0 atom stereocenters. The van der Waals surface area contributed by atoms with Crippen LogP contribution in [0.4, 0.5) is 11.4 Å². The van der Waals surface area contributed by atoms with Crippen LogP contribution >= 0.6 is 0 Å². The summed E-state index contributed by atoms with van der Waals surface area (Å²) in [6.45, 7) is 1.74. The number of fused-ring (bicyclic) bond motifs is 1. The van der Waals surface area contributed by atoms with Crippen LogP contribution in [-0.2, 0) is 27.4 Å². The smallest absolute Gasteiger partial charge is 0.397 e. The van der Waals surface area contributed by atoms with Gasteiger partial charge in [0.05, 0.1) is 42.9 Å². The van der Waals surface area contributed by atoms with Crippen molar-refractivity contribution in [3.63, 3.8) is 0 Å². The normalized spacial score (nSPS) is 10.4. The fourth-order valence-corrected chi connectivity index (χ4v) is 4.44. The number of carbonyl (C=O) groups excluding carboxylic acids is 2. The van der Waals surface area contributed by atoms with Gasteiger partial charge in [-0.25, -0.2) is 4.79 Å². The quantitative estimate of drug-likeness (QED) is 0.0880. The molecule has 236 valence electrons. The van der Waals surface area contributed by atoms with Gasteiger partial charge in [0.2, 0.25) is 0 Å². The van der Waals surface area contributed by atoms with Crippen molar-refractivity contribution in [1.82, 2.24) is 14.3 Å². The molecular formula is C32H29N5O9. The van der Waals surface area contributed by atoms with Crippen LogP contribution < -0.4 is 20.8 Å². The second kappa shape index (κ2) is 14.9. The van der Waals surface area contributed by atoms with Crippen LogP contribution in [-0.4, -0.2) is 50.0 Å². The Hall–Kier alpha value is -6.31. The maximum atomic E-state index is 12.5. The highest BCUT2D eigenvalue weighted by Crippen LogP contribution is 2.29. The molecule has 0 radical (unpaired) electrons. The van der Waals surface area contributed by atoms with Gasteiger partial charge in [-0.05, 0) is 55.0 Å². The van der Waals surface area contributed by atoms with E-state index in [4.69, 9.17) is 9.47 Å². The number of hydrogen-bond donors (Lipinski definition) is 1. The molecule has 1 N–H and O–H groups in total. The SMILES string of the molecule is CCOC(=O)C(=O)N(Cc1ccc(OC)cc1)c1ccccc1[N+](=O)[O-].O=c1c(=O)n(Cc2ccccn2)c2ccccc2n1O. The first-order valence-corrected chi connectivity index (χ1v) is 13.8. The molecule has 5 aromatic rings. The van der Waals surface area contributed by atoms with Crippen LogP contribution in [0.3, 0.4) is 0 Å². The first-order valence-electron chi connectivity index (χ1n) is 13.8. The Balaban J connectivity index is 0.000000215. The first kappa shape index (κ1) is 32.6. The molecule has 0 spiro atoms. The van der Waals surface area contributed by atoms with Crippen LogP contribution in [0.2, 0.25) is 0 Å². The van der Waals surface area contributed by atoms with Crippen molar-refractivity contribution in [2.45, 2.75) is 20.0 Å². The van der Waals surface area contributed by atoms with Crippen molar-refractivity contribution >= 4 is 34.3 Å². The van der Waals surface area contributed by atoms with Crippen LogP contribution in [0.1, 0.15) is 18.2 Å². The van der Waals surface area contributed by atoms with Crippen molar-refractivity contribution < 1.29 is 29.2 Å². The number of hydrogen-bond acceptors (Lipinski definition) is 10. The molecule has 0 aliphatic rings. The lowest BCUT2D eigenvalue weighted by atomic mass is 10.1. The number of nitro benzene ring substituents is 1. The molecule has 0 bridgehead atoms. The number of pyridine rings is 1. The predicted molar refractivity (Wildman–Crippen MR) is 167 cm³/mol. The molecule has 1 amide bonds. The third-order valence-electron chi connectivity index (χ3n) is 6.63. The second-order valence-electron chi connectivity index (χ2n) is 9.52. The Labute approximate surface area is 261 Å². The number of anilines is 1. The van der Waals surface area contributed by atoms with Gasteiger partial charge in [-0.1, -0.05) is 42.5 Å². The molecule has 14 heteroatoms. The largest absolute Gasteiger partial charge is 0.497 e. The lowest BCUT2D eigenvalue weighted by Gasteiger charge is -2.21. The molecule has 14 nitrogen and oxygen atoms in total. The Morgan fingerprint density at radius 2 is 1.57 bits per heavy atom. The number of rotatable bonds is 8. The zero-order chi connectivity index (χ0) is 33.2. The molecule has 2 heterocycles. The topological polar surface area (TPSA) is 176 Å². The number of amides is 1. The maximum absolute atomic E-state index is 12.5. The molecular weight excluding hydrogens is 598 g/mol. The summed E-state index contributed by atoms with van der Waals surface area (Å²) >= 11 is 0. The van der Waals surface area contributed by atoms with Crippen molar-refractivity contribution in [1.29, 1.82) is 0 Å². The molecule has 3 aromatic carbocycles. The second-order valence-corrected chi connectivity index (χ2v) is 9.52. The summed E-state index contributed by atoms with van der Waals surface area (Å²) in [6.07, 6.45) is 1.62. The van der Waals surface area contributed by atoms with E-state index < -0.39 is 27.9 Å².